The van der Waals surface area contributed by atoms with Crippen molar-refractivity contribution >= 4 is 34.5 Å². The van der Waals surface area contributed by atoms with Gasteiger partial charge < -0.3 is 25.0 Å². The second-order valence-corrected chi connectivity index (χ2v) is 6.27. The normalized spacial score (nSPS) is 10.5. The number of H-pyrrole nitrogens is 1. The minimum atomic E-state index is -0.320. The van der Waals surface area contributed by atoms with Gasteiger partial charge in [-0.1, -0.05) is 18.3 Å². The lowest BCUT2D eigenvalue weighted by atomic mass is 10.2. The Morgan fingerprint density at radius 2 is 2.31 bits per heavy atom. The Hall–Kier alpha value is -3.25. The van der Waals surface area contributed by atoms with E-state index in [1.54, 1.807) is 19.2 Å². The predicted molar refractivity (Wildman–Crippen MR) is 97.7 cm³/mol. The molecule has 0 aliphatic rings. The number of hydrogen-bond acceptors (Lipinski definition) is 6. The number of nitrogens with zero attached hydrogens (tertiary/aromatic N) is 3. The van der Waals surface area contributed by atoms with Crippen molar-refractivity contribution in [2.75, 3.05) is 13.0 Å². The molecule has 1 aromatic carbocycles. The molecule has 8 nitrogen and oxygen atoms in total. The highest BCUT2D eigenvalue weighted by atomic mass is 32.2. The number of phenolic OH excluding ortho intramolecular Hbond substituents is 1. The van der Waals surface area contributed by atoms with Crippen molar-refractivity contribution in [2.45, 2.75) is 12.1 Å². The molecule has 9 heteroatoms. The number of methoxy groups -OCH3 is 1. The molecule has 2 heterocycles. The molecular formula is C17H15N5O3S. The number of benzene rings is 1. The van der Waals surface area contributed by atoms with E-state index in [1.165, 1.54) is 31.0 Å². The number of pyridine rings is 1. The third-order valence-electron chi connectivity index (χ3n) is 3.71. The van der Waals surface area contributed by atoms with Gasteiger partial charge in [-0.15, -0.1) is 4.98 Å². The SMILES string of the molecule is [C-]#[N+]c1ncc2[nH]c(SCNC(=O)c3ccc(OC)c(O)c3)nc2c1C. The number of imidazole rings is 1. The standard InChI is InChI=1S/C17H15N5O3S/c1-9-14-11(7-19-15(9)18-2)21-17(22-14)26-8-20-16(24)10-4-5-13(25-3)12(23)6-10/h4-7,23H,8H2,1,3H3,(H,20,24)(H,21,22). The van der Waals surface area contributed by atoms with E-state index in [2.05, 4.69) is 25.1 Å². The number of carbonyl (C=O) groups excluding carboxylic acids is 1. The molecule has 0 saturated carbocycles. The first-order valence-corrected chi connectivity index (χ1v) is 8.52. The van der Waals surface area contributed by atoms with Gasteiger partial charge in [-0.05, 0) is 25.1 Å². The summed E-state index contributed by atoms with van der Waals surface area (Å²) in [6.45, 7) is 8.89. The number of carbonyl (C=O) groups is 1. The van der Waals surface area contributed by atoms with Crippen LogP contribution in [0.3, 0.4) is 0 Å². The molecular weight excluding hydrogens is 354 g/mol. The van der Waals surface area contributed by atoms with Crippen molar-refractivity contribution in [2.24, 2.45) is 0 Å². The lowest BCUT2D eigenvalue weighted by Gasteiger charge is -2.06. The molecule has 3 aromatic rings. The van der Waals surface area contributed by atoms with E-state index in [1.807, 2.05) is 0 Å². The monoisotopic (exact) mass is 369 g/mol. The zero-order valence-electron chi connectivity index (χ0n) is 14.0. The number of amides is 1. The first-order chi connectivity index (χ1) is 12.5. The Labute approximate surface area is 153 Å². The van der Waals surface area contributed by atoms with Crippen molar-refractivity contribution < 1.29 is 14.6 Å². The summed E-state index contributed by atoms with van der Waals surface area (Å²) in [4.78, 5) is 27.1. The van der Waals surface area contributed by atoms with Gasteiger partial charge in [0.1, 0.15) is 11.7 Å². The molecule has 132 valence electrons. The summed E-state index contributed by atoms with van der Waals surface area (Å²) in [6.07, 6.45) is 1.57. The Kier molecular flexibility index (Phi) is 4.95. The number of nitrogens with one attached hydrogen (secondary N) is 2. The first kappa shape index (κ1) is 17.6. The van der Waals surface area contributed by atoms with Crippen LogP contribution in [-0.4, -0.2) is 39.0 Å². The van der Waals surface area contributed by atoms with Crippen molar-refractivity contribution in [3.63, 3.8) is 0 Å². The summed E-state index contributed by atoms with van der Waals surface area (Å²) in [7, 11) is 1.44. The average Bonchev–Trinajstić information content (AvgIpc) is 3.06. The van der Waals surface area contributed by atoms with E-state index in [4.69, 9.17) is 11.3 Å². The topological polar surface area (TPSA) is 104 Å². The van der Waals surface area contributed by atoms with Gasteiger partial charge in [-0.25, -0.2) is 4.98 Å². The summed E-state index contributed by atoms with van der Waals surface area (Å²) in [5, 5.41) is 13.1. The molecule has 0 fully saturated rings. The molecule has 0 aliphatic heterocycles. The highest BCUT2D eigenvalue weighted by Crippen LogP contribution is 2.27. The molecule has 1 amide bonds. The van der Waals surface area contributed by atoms with E-state index >= 15 is 0 Å². The quantitative estimate of drug-likeness (QED) is 0.363. The fourth-order valence-electron chi connectivity index (χ4n) is 2.36. The number of hydrogen-bond donors (Lipinski definition) is 3. The molecule has 0 unspecified atom stereocenters. The van der Waals surface area contributed by atoms with Crippen LogP contribution in [0.2, 0.25) is 0 Å². The van der Waals surface area contributed by atoms with Crippen LogP contribution in [0.25, 0.3) is 15.9 Å². The number of rotatable bonds is 5. The molecule has 0 bridgehead atoms. The fraction of sp³-hybridized carbons (Fsp3) is 0.176. The number of aryl methyl sites for hydroxylation is 1. The van der Waals surface area contributed by atoms with Gasteiger partial charge in [-0.2, -0.15) is 0 Å². The summed E-state index contributed by atoms with van der Waals surface area (Å²) in [6, 6.07) is 4.45. The fourth-order valence-corrected chi connectivity index (χ4v) is 3.03. The molecule has 0 aliphatic carbocycles. The largest absolute Gasteiger partial charge is 0.504 e. The average molecular weight is 369 g/mol. The van der Waals surface area contributed by atoms with Crippen molar-refractivity contribution in [1.29, 1.82) is 0 Å². The summed E-state index contributed by atoms with van der Waals surface area (Å²) in [5.41, 5.74) is 2.48. The van der Waals surface area contributed by atoms with Crippen LogP contribution in [0.5, 0.6) is 11.5 Å². The van der Waals surface area contributed by atoms with Crippen LogP contribution in [-0.2, 0) is 0 Å². The van der Waals surface area contributed by atoms with Crippen molar-refractivity contribution in [3.8, 4) is 11.5 Å². The second kappa shape index (κ2) is 7.33. The number of aromatic hydroxyl groups is 1. The Morgan fingerprint density at radius 1 is 1.50 bits per heavy atom. The van der Waals surface area contributed by atoms with E-state index in [0.717, 1.165) is 11.1 Å². The van der Waals surface area contributed by atoms with E-state index in [9.17, 15) is 9.90 Å². The van der Waals surface area contributed by atoms with Crippen molar-refractivity contribution in [3.05, 3.63) is 46.9 Å². The van der Waals surface area contributed by atoms with Gasteiger partial charge >= 0.3 is 0 Å². The molecule has 0 saturated heterocycles. The number of aromatic nitrogens is 3. The molecule has 3 rings (SSSR count). The van der Waals surface area contributed by atoms with Crippen LogP contribution >= 0.6 is 11.8 Å². The molecule has 26 heavy (non-hydrogen) atoms. The van der Waals surface area contributed by atoms with E-state index in [0.29, 0.717) is 27.8 Å². The lowest BCUT2D eigenvalue weighted by molar-refractivity contribution is 0.0960. The summed E-state index contributed by atoms with van der Waals surface area (Å²) in [5.74, 6) is 0.505. The molecule has 0 spiro atoms. The maximum Gasteiger partial charge on any atom is 0.274 e. The Morgan fingerprint density at radius 3 is 3.00 bits per heavy atom. The number of ether oxygens (including phenoxy) is 1. The molecule has 0 atom stereocenters. The number of aromatic amines is 1. The van der Waals surface area contributed by atoms with Gasteiger partial charge in [0.05, 0.1) is 18.5 Å². The van der Waals surface area contributed by atoms with Crippen molar-refractivity contribution in [1.82, 2.24) is 20.3 Å². The zero-order chi connectivity index (χ0) is 18.7. The maximum absolute atomic E-state index is 12.1. The van der Waals surface area contributed by atoms with Gasteiger partial charge in [0, 0.05) is 11.1 Å². The second-order valence-electron chi connectivity index (χ2n) is 5.30. The van der Waals surface area contributed by atoms with Gasteiger partial charge in [0.15, 0.2) is 16.7 Å². The minimum Gasteiger partial charge on any atom is -0.504 e. The van der Waals surface area contributed by atoms with Gasteiger partial charge in [-0.3, -0.25) is 4.79 Å². The van der Waals surface area contributed by atoms with E-state index < -0.39 is 0 Å². The molecule has 0 radical (unpaired) electrons. The number of fused-ring (bicyclic) bond motifs is 1. The predicted octanol–water partition coefficient (Wildman–Crippen LogP) is 3.01. The highest BCUT2D eigenvalue weighted by Gasteiger charge is 2.12. The van der Waals surface area contributed by atoms with Crippen LogP contribution in [0, 0.1) is 13.5 Å². The number of phenols is 1. The smallest absolute Gasteiger partial charge is 0.274 e. The number of thioether (sulfide) groups is 1. The summed E-state index contributed by atoms with van der Waals surface area (Å²) >= 11 is 1.31. The van der Waals surface area contributed by atoms with Crippen LogP contribution < -0.4 is 10.1 Å². The van der Waals surface area contributed by atoms with Crippen LogP contribution in [0.15, 0.2) is 29.6 Å². The van der Waals surface area contributed by atoms with E-state index in [-0.39, 0.29) is 17.5 Å². The van der Waals surface area contributed by atoms with Gasteiger partial charge in [0.2, 0.25) is 0 Å². The maximum atomic E-state index is 12.1. The minimum absolute atomic E-state index is 0.0938. The third-order valence-corrected chi connectivity index (χ3v) is 4.46. The first-order valence-electron chi connectivity index (χ1n) is 7.54. The highest BCUT2D eigenvalue weighted by molar-refractivity contribution is 7.99. The molecule has 3 N–H and O–H groups in total. The van der Waals surface area contributed by atoms with Gasteiger partial charge in [0.25, 0.3) is 11.7 Å². The zero-order valence-corrected chi connectivity index (χ0v) is 14.8. The Bertz CT molecular complexity index is 1030. The Balaban J connectivity index is 1.65. The van der Waals surface area contributed by atoms with Crippen LogP contribution in [0.1, 0.15) is 15.9 Å². The lowest BCUT2D eigenvalue weighted by Crippen LogP contribution is -2.22. The molecule has 2 aromatic heterocycles. The summed E-state index contributed by atoms with van der Waals surface area (Å²) < 4.78 is 4.95. The van der Waals surface area contributed by atoms with Crippen LogP contribution in [0.4, 0.5) is 5.82 Å². The third kappa shape index (κ3) is 3.41.